The molecule has 0 aliphatic carbocycles. The van der Waals surface area contributed by atoms with Crippen molar-refractivity contribution in [3.63, 3.8) is 0 Å². The maximum atomic E-state index is 14.3. The molecule has 2 aromatic rings. The standard InChI is InChI=1S/C18H16F4N2O3S/c1-10(25)27-17(2,18(20,21)22)16(26)24-15-8-7-13(9-14(15)19)28-12-5-3-11(23)4-6-12/h3-9H,23H2,1-2H3,(H,24,26). The molecule has 150 valence electrons. The minimum absolute atomic E-state index is 0.396. The normalized spacial score (nSPS) is 13.5. The average molecular weight is 416 g/mol. The number of hydrogen-bond acceptors (Lipinski definition) is 5. The predicted octanol–water partition coefficient (Wildman–Crippen LogP) is 4.38. The number of carbonyl (C=O) groups excluding carboxylic acids is 2. The van der Waals surface area contributed by atoms with Crippen LogP contribution < -0.4 is 11.1 Å². The Hall–Kier alpha value is -2.75. The zero-order valence-corrected chi connectivity index (χ0v) is 15.6. The number of benzene rings is 2. The zero-order valence-electron chi connectivity index (χ0n) is 14.8. The molecule has 0 saturated heterocycles. The van der Waals surface area contributed by atoms with Crippen molar-refractivity contribution >= 4 is 35.0 Å². The summed E-state index contributed by atoms with van der Waals surface area (Å²) < 4.78 is 58.1. The number of ether oxygens (including phenoxy) is 1. The Bertz CT molecular complexity index is 887. The fourth-order valence-corrected chi connectivity index (χ4v) is 2.94. The first-order valence-corrected chi connectivity index (χ1v) is 8.65. The van der Waals surface area contributed by atoms with Gasteiger partial charge in [0, 0.05) is 22.4 Å². The second-order valence-corrected chi connectivity index (χ2v) is 7.04. The highest BCUT2D eigenvalue weighted by atomic mass is 32.2. The van der Waals surface area contributed by atoms with Crippen molar-refractivity contribution in [2.75, 3.05) is 11.1 Å². The van der Waals surface area contributed by atoms with E-state index in [4.69, 9.17) is 5.73 Å². The molecule has 2 rings (SSSR count). The van der Waals surface area contributed by atoms with Crippen LogP contribution in [-0.2, 0) is 14.3 Å². The first kappa shape index (κ1) is 21.5. The van der Waals surface area contributed by atoms with Crippen molar-refractivity contribution in [2.45, 2.75) is 35.4 Å². The van der Waals surface area contributed by atoms with Gasteiger partial charge in [-0.25, -0.2) is 4.39 Å². The lowest BCUT2D eigenvalue weighted by atomic mass is 10.0. The third kappa shape index (κ3) is 4.94. The third-order valence-corrected chi connectivity index (χ3v) is 4.62. The van der Waals surface area contributed by atoms with Crippen LogP contribution in [0.5, 0.6) is 0 Å². The van der Waals surface area contributed by atoms with Gasteiger partial charge in [0.15, 0.2) is 0 Å². The fourth-order valence-electron chi connectivity index (χ4n) is 2.09. The van der Waals surface area contributed by atoms with Crippen LogP contribution in [0.3, 0.4) is 0 Å². The van der Waals surface area contributed by atoms with Crippen LogP contribution in [0.1, 0.15) is 13.8 Å². The molecule has 0 spiro atoms. The van der Waals surface area contributed by atoms with Crippen molar-refractivity contribution in [2.24, 2.45) is 0 Å². The van der Waals surface area contributed by atoms with Crippen LogP contribution in [0.15, 0.2) is 52.3 Å². The van der Waals surface area contributed by atoms with Gasteiger partial charge < -0.3 is 15.8 Å². The predicted molar refractivity (Wildman–Crippen MR) is 96.2 cm³/mol. The van der Waals surface area contributed by atoms with Crippen molar-refractivity contribution in [1.82, 2.24) is 0 Å². The molecule has 0 aliphatic heterocycles. The van der Waals surface area contributed by atoms with Crippen molar-refractivity contribution < 1.29 is 31.9 Å². The van der Waals surface area contributed by atoms with E-state index in [2.05, 4.69) is 4.74 Å². The number of esters is 1. The molecule has 1 amide bonds. The van der Waals surface area contributed by atoms with E-state index in [-0.39, 0.29) is 0 Å². The number of amides is 1. The quantitative estimate of drug-likeness (QED) is 0.430. The summed E-state index contributed by atoms with van der Waals surface area (Å²) in [6, 6.07) is 10.4. The number of rotatable bonds is 5. The summed E-state index contributed by atoms with van der Waals surface area (Å²) in [6.07, 6.45) is -5.19. The highest BCUT2D eigenvalue weighted by Gasteiger charge is 2.60. The minimum atomic E-state index is -5.19. The van der Waals surface area contributed by atoms with Crippen molar-refractivity contribution in [1.29, 1.82) is 0 Å². The number of carbonyl (C=O) groups is 2. The first-order chi connectivity index (χ1) is 12.9. The molecule has 0 heterocycles. The Morgan fingerprint density at radius 3 is 2.14 bits per heavy atom. The Kier molecular flexibility index (Phi) is 6.23. The Morgan fingerprint density at radius 1 is 1.07 bits per heavy atom. The fraction of sp³-hybridized carbons (Fsp3) is 0.222. The number of hydrogen-bond donors (Lipinski definition) is 2. The summed E-state index contributed by atoms with van der Waals surface area (Å²) >= 11 is 1.20. The van der Waals surface area contributed by atoms with Crippen molar-refractivity contribution in [3.05, 3.63) is 48.3 Å². The van der Waals surface area contributed by atoms with Gasteiger partial charge in [-0.2, -0.15) is 13.2 Å². The number of nitrogen functional groups attached to an aromatic ring is 1. The van der Waals surface area contributed by atoms with Gasteiger partial charge in [0.05, 0.1) is 5.69 Å². The van der Waals surface area contributed by atoms with E-state index in [0.29, 0.717) is 17.5 Å². The summed E-state index contributed by atoms with van der Waals surface area (Å²) in [5, 5.41) is 1.82. The van der Waals surface area contributed by atoms with E-state index >= 15 is 0 Å². The molecule has 28 heavy (non-hydrogen) atoms. The number of nitrogens with one attached hydrogen (secondary N) is 1. The second-order valence-electron chi connectivity index (χ2n) is 5.89. The summed E-state index contributed by atoms with van der Waals surface area (Å²) in [5.74, 6) is -3.96. The van der Waals surface area contributed by atoms with Gasteiger partial charge in [0.2, 0.25) is 0 Å². The molecule has 1 atom stereocenters. The topological polar surface area (TPSA) is 81.4 Å². The summed E-state index contributed by atoms with van der Waals surface area (Å²) in [4.78, 5) is 24.3. The number of halogens is 4. The second kappa shape index (κ2) is 8.09. The third-order valence-electron chi connectivity index (χ3n) is 3.63. The van der Waals surface area contributed by atoms with E-state index in [0.717, 1.165) is 24.0 Å². The Labute approximate surface area is 162 Å². The first-order valence-electron chi connectivity index (χ1n) is 7.83. The van der Waals surface area contributed by atoms with Gasteiger partial charge in [-0.15, -0.1) is 0 Å². The molecule has 2 aromatic carbocycles. The van der Waals surface area contributed by atoms with Crippen LogP contribution in [0.4, 0.5) is 28.9 Å². The Morgan fingerprint density at radius 2 is 1.64 bits per heavy atom. The minimum Gasteiger partial charge on any atom is -0.439 e. The molecule has 0 aliphatic rings. The zero-order chi connectivity index (χ0) is 21.1. The van der Waals surface area contributed by atoms with Crippen LogP contribution >= 0.6 is 11.8 Å². The van der Waals surface area contributed by atoms with E-state index in [9.17, 15) is 27.2 Å². The molecule has 0 bridgehead atoms. The molecule has 0 aromatic heterocycles. The number of anilines is 2. The van der Waals surface area contributed by atoms with E-state index in [1.54, 1.807) is 24.3 Å². The van der Waals surface area contributed by atoms with E-state index in [1.807, 2.05) is 5.32 Å². The Balaban J connectivity index is 2.20. The lowest BCUT2D eigenvalue weighted by Gasteiger charge is -2.29. The van der Waals surface area contributed by atoms with Gasteiger partial charge in [-0.05, 0) is 49.4 Å². The van der Waals surface area contributed by atoms with Crippen LogP contribution in [0.2, 0.25) is 0 Å². The summed E-state index contributed by atoms with van der Waals surface area (Å²) in [6.45, 7) is 1.13. The molecule has 10 heteroatoms. The molecule has 3 N–H and O–H groups in total. The molecule has 0 fully saturated rings. The SMILES string of the molecule is CC(=O)OC(C)(C(=O)Nc1ccc(Sc2ccc(N)cc2)cc1F)C(F)(F)F. The molecule has 0 saturated carbocycles. The lowest BCUT2D eigenvalue weighted by molar-refractivity contribution is -0.253. The summed E-state index contributed by atoms with van der Waals surface area (Å²) in [5.41, 5.74) is 2.22. The van der Waals surface area contributed by atoms with Crippen molar-refractivity contribution in [3.8, 4) is 0 Å². The molecule has 0 radical (unpaired) electrons. The monoisotopic (exact) mass is 416 g/mol. The molecule has 1 unspecified atom stereocenters. The number of alkyl halides is 3. The van der Waals surface area contributed by atoms with Gasteiger partial charge in [-0.1, -0.05) is 11.8 Å². The van der Waals surface area contributed by atoms with Crippen LogP contribution in [0, 0.1) is 5.82 Å². The maximum Gasteiger partial charge on any atom is 0.437 e. The smallest absolute Gasteiger partial charge is 0.437 e. The van der Waals surface area contributed by atoms with Gasteiger partial charge >= 0.3 is 12.1 Å². The highest BCUT2D eigenvalue weighted by molar-refractivity contribution is 7.99. The summed E-state index contributed by atoms with van der Waals surface area (Å²) in [7, 11) is 0. The van der Waals surface area contributed by atoms with E-state index < -0.39 is 35.2 Å². The van der Waals surface area contributed by atoms with Gasteiger partial charge in [-0.3, -0.25) is 9.59 Å². The van der Waals surface area contributed by atoms with Gasteiger partial charge in [0.1, 0.15) is 5.82 Å². The lowest BCUT2D eigenvalue weighted by Crippen LogP contribution is -2.55. The largest absolute Gasteiger partial charge is 0.439 e. The average Bonchev–Trinajstić information content (AvgIpc) is 2.57. The molecular weight excluding hydrogens is 400 g/mol. The molecular formula is C18H16F4N2O3S. The van der Waals surface area contributed by atoms with Crippen LogP contribution in [-0.4, -0.2) is 23.7 Å². The highest BCUT2D eigenvalue weighted by Crippen LogP contribution is 2.36. The van der Waals surface area contributed by atoms with Gasteiger partial charge in [0.25, 0.3) is 11.5 Å². The van der Waals surface area contributed by atoms with Crippen LogP contribution in [0.25, 0.3) is 0 Å². The maximum absolute atomic E-state index is 14.3. The molecule has 5 nitrogen and oxygen atoms in total. The number of nitrogens with two attached hydrogens (primary N) is 1. The van der Waals surface area contributed by atoms with E-state index in [1.165, 1.54) is 17.8 Å².